The van der Waals surface area contributed by atoms with Crippen LogP contribution in [0.15, 0.2) is 22.7 Å². The van der Waals surface area contributed by atoms with Crippen molar-refractivity contribution in [3.05, 3.63) is 33.3 Å². The number of amides is 1. The summed E-state index contributed by atoms with van der Waals surface area (Å²) in [5.41, 5.74) is 0.909. The number of rotatable bonds is 5. The van der Waals surface area contributed by atoms with Crippen LogP contribution >= 0.6 is 27.5 Å². The van der Waals surface area contributed by atoms with Crippen LogP contribution in [-0.2, 0) is 0 Å². The zero-order valence-electron chi connectivity index (χ0n) is 12.7. The highest BCUT2D eigenvalue weighted by Gasteiger charge is 2.34. The van der Waals surface area contributed by atoms with Crippen LogP contribution in [0.3, 0.4) is 0 Å². The predicted molar refractivity (Wildman–Crippen MR) is 91.8 cm³/mol. The molecule has 0 spiro atoms. The number of halogens is 2. The number of nitrogens with one attached hydrogen (secondary N) is 1. The average Bonchev–Trinajstić information content (AvgIpc) is 2.83. The van der Waals surface area contributed by atoms with E-state index in [4.69, 9.17) is 11.6 Å². The lowest BCUT2D eigenvalue weighted by molar-refractivity contribution is 0.0922. The Morgan fingerprint density at radius 1 is 1.33 bits per heavy atom. The molecule has 2 rings (SSSR count). The summed E-state index contributed by atoms with van der Waals surface area (Å²) in [5, 5.41) is 3.70. The van der Waals surface area contributed by atoms with Gasteiger partial charge in [0.05, 0.1) is 0 Å². The molecule has 1 saturated carbocycles. The molecule has 0 atom stereocenters. The van der Waals surface area contributed by atoms with Crippen molar-refractivity contribution >= 4 is 33.4 Å². The molecule has 0 unspecified atom stereocenters. The van der Waals surface area contributed by atoms with Crippen molar-refractivity contribution in [1.82, 2.24) is 5.32 Å². The molecule has 0 aliphatic heterocycles. The maximum atomic E-state index is 12.3. The summed E-state index contributed by atoms with van der Waals surface area (Å²) < 4.78 is 0.831. The van der Waals surface area contributed by atoms with E-state index in [2.05, 4.69) is 35.1 Å². The van der Waals surface area contributed by atoms with Gasteiger partial charge < -0.3 is 5.32 Å². The van der Waals surface area contributed by atoms with Crippen molar-refractivity contribution in [2.75, 3.05) is 6.54 Å². The van der Waals surface area contributed by atoms with Crippen molar-refractivity contribution in [2.24, 2.45) is 11.3 Å². The molecule has 2 nitrogen and oxygen atoms in total. The third-order valence-corrected chi connectivity index (χ3v) is 4.93. The van der Waals surface area contributed by atoms with Gasteiger partial charge >= 0.3 is 0 Å². The van der Waals surface area contributed by atoms with Crippen LogP contribution in [0.25, 0.3) is 0 Å². The molecule has 1 aromatic carbocycles. The molecule has 21 heavy (non-hydrogen) atoms. The van der Waals surface area contributed by atoms with E-state index in [1.807, 2.05) is 6.07 Å². The maximum Gasteiger partial charge on any atom is 0.251 e. The second kappa shape index (κ2) is 7.15. The summed E-state index contributed by atoms with van der Waals surface area (Å²) in [6, 6.07) is 5.31. The largest absolute Gasteiger partial charge is 0.351 e. The van der Waals surface area contributed by atoms with Crippen molar-refractivity contribution in [2.45, 2.75) is 46.0 Å². The van der Waals surface area contributed by atoms with Crippen molar-refractivity contribution < 1.29 is 4.79 Å². The third-order valence-electron chi connectivity index (χ3n) is 4.25. The van der Waals surface area contributed by atoms with E-state index in [9.17, 15) is 4.79 Å². The standard InChI is InChI=1S/C17H23BrClNO/c1-12(2)10-17(5-3-4-6-17)11-20-16(21)13-7-14(18)9-15(19)8-13/h7-9,12H,3-6,10-11H2,1-2H3,(H,20,21). The minimum atomic E-state index is -0.0340. The molecule has 0 heterocycles. The monoisotopic (exact) mass is 371 g/mol. The normalized spacial score (nSPS) is 17.2. The van der Waals surface area contributed by atoms with Gasteiger partial charge in [0.15, 0.2) is 0 Å². The van der Waals surface area contributed by atoms with Crippen LogP contribution in [0.5, 0.6) is 0 Å². The second-order valence-electron chi connectivity index (χ2n) is 6.65. The molecular weight excluding hydrogens is 350 g/mol. The Hall–Kier alpha value is -0.540. The summed E-state index contributed by atoms with van der Waals surface area (Å²) in [6.45, 7) is 5.29. The summed E-state index contributed by atoms with van der Waals surface area (Å²) in [6.07, 6.45) is 6.21. The number of hydrogen-bond acceptors (Lipinski definition) is 1. The zero-order valence-corrected chi connectivity index (χ0v) is 15.1. The van der Waals surface area contributed by atoms with E-state index in [-0.39, 0.29) is 5.91 Å². The van der Waals surface area contributed by atoms with Gasteiger partial charge in [0, 0.05) is 21.6 Å². The Morgan fingerprint density at radius 3 is 2.57 bits per heavy atom. The highest BCUT2D eigenvalue weighted by atomic mass is 79.9. The third kappa shape index (κ3) is 4.72. The van der Waals surface area contributed by atoms with Gasteiger partial charge in [0.25, 0.3) is 5.91 Å². The van der Waals surface area contributed by atoms with E-state index in [0.29, 0.717) is 21.9 Å². The van der Waals surface area contributed by atoms with Crippen molar-refractivity contribution in [1.29, 1.82) is 0 Å². The SMILES string of the molecule is CC(C)CC1(CNC(=O)c2cc(Cl)cc(Br)c2)CCCC1. The summed E-state index contributed by atoms with van der Waals surface area (Å²) in [7, 11) is 0. The summed E-state index contributed by atoms with van der Waals surface area (Å²) in [5.74, 6) is 0.633. The Kier molecular flexibility index (Phi) is 5.73. The van der Waals surface area contributed by atoms with E-state index in [1.54, 1.807) is 12.1 Å². The number of carbonyl (C=O) groups is 1. The smallest absolute Gasteiger partial charge is 0.251 e. The fraction of sp³-hybridized carbons (Fsp3) is 0.588. The first-order chi connectivity index (χ1) is 9.90. The molecule has 0 bridgehead atoms. The van der Waals surface area contributed by atoms with Gasteiger partial charge in [-0.25, -0.2) is 0 Å². The highest BCUT2D eigenvalue weighted by molar-refractivity contribution is 9.10. The average molecular weight is 373 g/mol. The van der Waals surface area contributed by atoms with E-state index < -0.39 is 0 Å². The number of hydrogen-bond donors (Lipinski definition) is 1. The fourth-order valence-corrected chi connectivity index (χ4v) is 4.36. The lowest BCUT2D eigenvalue weighted by atomic mass is 9.78. The van der Waals surface area contributed by atoms with Crippen LogP contribution < -0.4 is 5.32 Å². The van der Waals surface area contributed by atoms with E-state index >= 15 is 0 Å². The molecule has 1 aromatic rings. The molecule has 0 aromatic heterocycles. The van der Waals surface area contributed by atoms with Gasteiger partial charge in [-0.1, -0.05) is 54.2 Å². The van der Waals surface area contributed by atoms with Gasteiger partial charge in [-0.05, 0) is 48.8 Å². The minimum absolute atomic E-state index is 0.0340. The zero-order chi connectivity index (χ0) is 15.5. The lowest BCUT2D eigenvalue weighted by Gasteiger charge is -2.31. The molecule has 1 N–H and O–H groups in total. The first-order valence-corrected chi connectivity index (χ1v) is 8.82. The second-order valence-corrected chi connectivity index (χ2v) is 8.00. The van der Waals surface area contributed by atoms with E-state index in [0.717, 1.165) is 11.0 Å². The predicted octanol–water partition coefficient (Wildman–Crippen LogP) is 5.44. The minimum Gasteiger partial charge on any atom is -0.351 e. The van der Waals surface area contributed by atoms with Crippen LogP contribution in [0, 0.1) is 11.3 Å². The van der Waals surface area contributed by atoms with Gasteiger partial charge in [-0.3, -0.25) is 4.79 Å². The first kappa shape index (κ1) is 16.8. The van der Waals surface area contributed by atoms with Crippen LogP contribution in [0.4, 0.5) is 0 Å². The quantitative estimate of drug-likeness (QED) is 0.732. The van der Waals surface area contributed by atoms with Gasteiger partial charge in [-0.2, -0.15) is 0 Å². The Bertz CT molecular complexity index is 489. The number of benzene rings is 1. The molecule has 1 amide bonds. The molecule has 1 fully saturated rings. The van der Waals surface area contributed by atoms with E-state index in [1.165, 1.54) is 32.1 Å². The highest BCUT2D eigenvalue weighted by Crippen LogP contribution is 2.42. The molecule has 1 aliphatic rings. The molecular formula is C17H23BrClNO. The molecule has 1 aliphatic carbocycles. The number of carbonyl (C=O) groups excluding carboxylic acids is 1. The fourth-order valence-electron chi connectivity index (χ4n) is 3.50. The summed E-state index contributed by atoms with van der Waals surface area (Å²) >= 11 is 9.39. The Balaban J connectivity index is 2.01. The molecule has 4 heteroatoms. The lowest BCUT2D eigenvalue weighted by Crippen LogP contribution is -2.36. The van der Waals surface area contributed by atoms with Crippen molar-refractivity contribution in [3.63, 3.8) is 0 Å². The molecule has 0 radical (unpaired) electrons. The van der Waals surface area contributed by atoms with Gasteiger partial charge in [-0.15, -0.1) is 0 Å². The van der Waals surface area contributed by atoms with Crippen molar-refractivity contribution in [3.8, 4) is 0 Å². The Labute approximate surface area is 140 Å². The molecule has 0 saturated heterocycles. The molecule has 116 valence electrons. The van der Waals surface area contributed by atoms with Crippen LogP contribution in [0.2, 0.25) is 5.02 Å². The first-order valence-electron chi connectivity index (χ1n) is 7.64. The summed E-state index contributed by atoms with van der Waals surface area (Å²) in [4.78, 5) is 12.3. The topological polar surface area (TPSA) is 29.1 Å². The maximum absolute atomic E-state index is 12.3. The Morgan fingerprint density at radius 2 is 2.00 bits per heavy atom. The van der Waals surface area contributed by atoms with Crippen LogP contribution in [0.1, 0.15) is 56.3 Å². The van der Waals surface area contributed by atoms with Crippen LogP contribution in [-0.4, -0.2) is 12.5 Å². The van der Waals surface area contributed by atoms with Gasteiger partial charge in [0.1, 0.15) is 0 Å². The van der Waals surface area contributed by atoms with Gasteiger partial charge in [0.2, 0.25) is 0 Å².